The summed E-state index contributed by atoms with van der Waals surface area (Å²) >= 11 is 0. The molecule has 1 heterocycles. The smallest absolute Gasteiger partial charge is 0.258 e. The van der Waals surface area contributed by atoms with E-state index >= 15 is 0 Å². The normalized spacial score (nSPS) is 22.8. The Balaban J connectivity index is 1.21. The zero-order chi connectivity index (χ0) is 17.8. The number of rotatable bonds is 7. The third kappa shape index (κ3) is 4.01. The minimum atomic E-state index is -0.0718. The number of nitrogens with one attached hydrogen (secondary N) is 2. The van der Waals surface area contributed by atoms with Gasteiger partial charge in [-0.05, 0) is 60.4 Å². The predicted molar refractivity (Wildman–Crippen MR) is 95.0 cm³/mol. The lowest BCUT2D eigenvalue weighted by Gasteiger charge is -2.39. The number of ether oxygens (including phenoxy) is 1. The van der Waals surface area contributed by atoms with Crippen molar-refractivity contribution in [1.82, 2.24) is 30.8 Å². The van der Waals surface area contributed by atoms with Crippen LogP contribution in [-0.4, -0.2) is 50.8 Å². The molecule has 0 radical (unpaired) electrons. The van der Waals surface area contributed by atoms with Crippen molar-refractivity contribution in [3.05, 3.63) is 30.6 Å². The Morgan fingerprint density at radius 1 is 1.12 bits per heavy atom. The molecule has 2 atom stereocenters. The Hall–Kier alpha value is -2.48. The van der Waals surface area contributed by atoms with Gasteiger partial charge in [0.25, 0.3) is 5.91 Å². The fourth-order valence-corrected chi connectivity index (χ4v) is 3.64. The zero-order valence-corrected chi connectivity index (χ0v) is 14.7. The van der Waals surface area contributed by atoms with Crippen molar-refractivity contribution in [1.29, 1.82) is 0 Å². The SMILES string of the molecule is O=C(COc1ccc(-n2cnnn2)cc1)N[C@@H]1CC[C@@H]1NC1CCCC1. The Kier molecular flexibility index (Phi) is 5.10. The van der Waals surface area contributed by atoms with E-state index in [-0.39, 0.29) is 18.6 Å². The summed E-state index contributed by atoms with van der Waals surface area (Å²) in [4.78, 5) is 12.2. The maximum Gasteiger partial charge on any atom is 0.258 e. The topological polar surface area (TPSA) is 94.0 Å². The van der Waals surface area contributed by atoms with Crippen LogP contribution in [0, 0.1) is 0 Å². The molecule has 0 bridgehead atoms. The van der Waals surface area contributed by atoms with Crippen molar-refractivity contribution in [2.24, 2.45) is 0 Å². The van der Waals surface area contributed by atoms with Crippen LogP contribution in [-0.2, 0) is 4.79 Å². The van der Waals surface area contributed by atoms with Crippen molar-refractivity contribution < 1.29 is 9.53 Å². The first-order valence-electron chi connectivity index (χ1n) is 9.29. The highest BCUT2D eigenvalue weighted by Gasteiger charge is 2.33. The number of tetrazole rings is 1. The van der Waals surface area contributed by atoms with E-state index in [1.807, 2.05) is 12.1 Å². The molecule has 8 heteroatoms. The average Bonchev–Trinajstić information content (AvgIpc) is 3.36. The van der Waals surface area contributed by atoms with Crippen molar-refractivity contribution in [2.45, 2.75) is 56.7 Å². The number of hydrogen-bond donors (Lipinski definition) is 2. The van der Waals surface area contributed by atoms with E-state index in [9.17, 15) is 4.79 Å². The maximum atomic E-state index is 12.2. The van der Waals surface area contributed by atoms with Gasteiger partial charge in [0.1, 0.15) is 12.1 Å². The quantitative estimate of drug-likeness (QED) is 0.775. The Bertz CT molecular complexity index is 712. The molecule has 0 spiro atoms. The summed E-state index contributed by atoms with van der Waals surface area (Å²) in [5, 5.41) is 17.8. The van der Waals surface area contributed by atoms with Gasteiger partial charge in [0.2, 0.25) is 0 Å². The molecule has 1 aromatic carbocycles. The Labute approximate surface area is 152 Å². The van der Waals surface area contributed by atoms with Crippen molar-refractivity contribution >= 4 is 5.91 Å². The monoisotopic (exact) mass is 356 g/mol. The van der Waals surface area contributed by atoms with Crippen LogP contribution in [0.3, 0.4) is 0 Å². The molecule has 2 fully saturated rings. The number of carbonyl (C=O) groups is 1. The predicted octanol–water partition coefficient (Wildman–Crippen LogP) is 1.22. The van der Waals surface area contributed by atoms with Crippen LogP contribution in [0.25, 0.3) is 5.69 Å². The third-order valence-electron chi connectivity index (χ3n) is 5.25. The summed E-state index contributed by atoms with van der Waals surface area (Å²) in [6.07, 6.45) is 8.88. The summed E-state index contributed by atoms with van der Waals surface area (Å²) in [6, 6.07) is 8.57. The van der Waals surface area contributed by atoms with E-state index in [0.717, 1.165) is 18.5 Å². The highest BCUT2D eigenvalue weighted by molar-refractivity contribution is 5.78. The van der Waals surface area contributed by atoms with Crippen molar-refractivity contribution in [2.75, 3.05) is 6.61 Å². The van der Waals surface area contributed by atoms with Crippen LogP contribution in [0.1, 0.15) is 38.5 Å². The second-order valence-electron chi connectivity index (χ2n) is 7.04. The first-order chi connectivity index (χ1) is 12.8. The molecule has 1 amide bonds. The van der Waals surface area contributed by atoms with Gasteiger partial charge in [-0.15, -0.1) is 5.10 Å². The molecule has 1 aromatic heterocycles. The van der Waals surface area contributed by atoms with Crippen LogP contribution in [0.5, 0.6) is 5.75 Å². The highest BCUT2D eigenvalue weighted by atomic mass is 16.5. The van der Waals surface area contributed by atoms with E-state index in [1.54, 1.807) is 16.8 Å². The van der Waals surface area contributed by atoms with Gasteiger partial charge in [-0.3, -0.25) is 4.79 Å². The molecule has 0 aliphatic heterocycles. The second-order valence-corrected chi connectivity index (χ2v) is 7.04. The molecule has 2 saturated carbocycles. The molecule has 2 N–H and O–H groups in total. The number of benzene rings is 1. The molecule has 0 saturated heterocycles. The van der Waals surface area contributed by atoms with Gasteiger partial charge in [0.05, 0.1) is 5.69 Å². The summed E-state index contributed by atoms with van der Waals surface area (Å²) < 4.78 is 7.15. The second kappa shape index (κ2) is 7.82. The summed E-state index contributed by atoms with van der Waals surface area (Å²) in [7, 11) is 0. The summed E-state index contributed by atoms with van der Waals surface area (Å²) in [5.74, 6) is 0.573. The van der Waals surface area contributed by atoms with E-state index in [1.165, 1.54) is 32.0 Å². The van der Waals surface area contributed by atoms with E-state index in [4.69, 9.17) is 4.74 Å². The number of carbonyl (C=O) groups excluding carboxylic acids is 1. The van der Waals surface area contributed by atoms with Crippen LogP contribution >= 0.6 is 0 Å². The van der Waals surface area contributed by atoms with Gasteiger partial charge in [-0.1, -0.05) is 12.8 Å². The van der Waals surface area contributed by atoms with Crippen molar-refractivity contribution in [3.63, 3.8) is 0 Å². The van der Waals surface area contributed by atoms with Crippen LogP contribution in [0.4, 0.5) is 0 Å². The lowest BCUT2D eigenvalue weighted by molar-refractivity contribution is -0.124. The van der Waals surface area contributed by atoms with Gasteiger partial charge >= 0.3 is 0 Å². The average molecular weight is 356 g/mol. The summed E-state index contributed by atoms with van der Waals surface area (Å²) in [5.41, 5.74) is 0.835. The lowest BCUT2D eigenvalue weighted by atomic mass is 9.85. The van der Waals surface area contributed by atoms with E-state index < -0.39 is 0 Å². The van der Waals surface area contributed by atoms with Crippen LogP contribution in [0.15, 0.2) is 30.6 Å². The molecule has 4 rings (SSSR count). The molecule has 2 aliphatic rings. The fraction of sp³-hybridized carbons (Fsp3) is 0.556. The Morgan fingerprint density at radius 2 is 1.88 bits per heavy atom. The minimum absolute atomic E-state index is 0.0247. The fourth-order valence-electron chi connectivity index (χ4n) is 3.64. The number of hydrogen-bond acceptors (Lipinski definition) is 6. The van der Waals surface area contributed by atoms with Gasteiger partial charge in [-0.25, -0.2) is 4.68 Å². The standard InChI is InChI=1S/C18H24N6O2/c25-18(21-17-10-9-16(17)20-13-3-1-2-4-13)11-26-15-7-5-14(6-8-15)24-12-19-22-23-24/h5-8,12-13,16-17,20H,1-4,9-11H2,(H,21,25)/t16-,17+/m0/s1. The molecular formula is C18H24N6O2. The molecular weight excluding hydrogens is 332 g/mol. The minimum Gasteiger partial charge on any atom is -0.484 e. The van der Waals surface area contributed by atoms with Gasteiger partial charge in [0.15, 0.2) is 6.61 Å². The highest BCUT2D eigenvalue weighted by Crippen LogP contribution is 2.25. The Morgan fingerprint density at radius 3 is 2.54 bits per heavy atom. The molecule has 138 valence electrons. The molecule has 2 aromatic rings. The third-order valence-corrected chi connectivity index (χ3v) is 5.25. The molecule has 0 unspecified atom stereocenters. The van der Waals surface area contributed by atoms with Gasteiger partial charge < -0.3 is 15.4 Å². The zero-order valence-electron chi connectivity index (χ0n) is 14.7. The number of nitrogens with zero attached hydrogens (tertiary/aromatic N) is 4. The molecule has 26 heavy (non-hydrogen) atoms. The first-order valence-corrected chi connectivity index (χ1v) is 9.29. The molecule has 2 aliphatic carbocycles. The van der Waals surface area contributed by atoms with E-state index in [0.29, 0.717) is 17.8 Å². The summed E-state index contributed by atoms with van der Waals surface area (Å²) in [6.45, 7) is 0.0247. The van der Waals surface area contributed by atoms with Gasteiger partial charge in [-0.2, -0.15) is 0 Å². The van der Waals surface area contributed by atoms with E-state index in [2.05, 4.69) is 26.2 Å². The number of amides is 1. The lowest BCUT2D eigenvalue weighted by Crippen LogP contribution is -2.59. The molecule has 8 nitrogen and oxygen atoms in total. The van der Waals surface area contributed by atoms with Gasteiger partial charge in [0, 0.05) is 18.1 Å². The first kappa shape index (κ1) is 17.0. The van der Waals surface area contributed by atoms with Crippen LogP contribution < -0.4 is 15.4 Å². The largest absolute Gasteiger partial charge is 0.484 e. The maximum absolute atomic E-state index is 12.2. The van der Waals surface area contributed by atoms with Crippen LogP contribution in [0.2, 0.25) is 0 Å². The van der Waals surface area contributed by atoms with Crippen molar-refractivity contribution in [3.8, 4) is 11.4 Å². The number of aromatic nitrogens is 4.